The van der Waals surface area contributed by atoms with Crippen LogP contribution in [-0.4, -0.2) is 30.4 Å². The van der Waals surface area contributed by atoms with Crippen LogP contribution in [0.1, 0.15) is 5.56 Å². The molecule has 1 saturated heterocycles. The number of benzene rings is 1. The van der Waals surface area contributed by atoms with E-state index in [2.05, 4.69) is 20.3 Å². The molecule has 0 bridgehead atoms. The van der Waals surface area contributed by atoms with Gasteiger partial charge in [0.2, 0.25) is 0 Å². The SMILES string of the molecule is COC(=O)/C=C1/SC(=N/N=C\c2ccccc2)NC1=O. The Bertz CT molecular complexity index is 609. The van der Waals surface area contributed by atoms with Gasteiger partial charge in [-0.25, -0.2) is 4.79 Å². The third kappa shape index (κ3) is 3.79. The Morgan fingerprint density at radius 2 is 2.10 bits per heavy atom. The fourth-order valence-corrected chi connectivity index (χ4v) is 2.07. The van der Waals surface area contributed by atoms with Crippen molar-refractivity contribution in [3.05, 3.63) is 46.9 Å². The lowest BCUT2D eigenvalue weighted by molar-refractivity contribution is -0.135. The lowest BCUT2D eigenvalue weighted by Gasteiger charge is -1.90. The Kier molecular flexibility index (Phi) is 4.67. The molecule has 1 N–H and O–H groups in total. The van der Waals surface area contributed by atoms with E-state index in [4.69, 9.17) is 0 Å². The van der Waals surface area contributed by atoms with Crippen LogP contribution < -0.4 is 5.32 Å². The van der Waals surface area contributed by atoms with Gasteiger partial charge in [0.15, 0.2) is 5.17 Å². The standard InChI is InChI=1S/C13H11N3O3S/c1-19-11(17)7-10-12(18)15-13(20-10)16-14-8-9-5-3-2-4-6-9/h2-8H,1H3,(H,15,16,18)/b10-7+,14-8-. The molecule has 1 fully saturated rings. The van der Waals surface area contributed by atoms with Crippen molar-refractivity contribution in [3.8, 4) is 0 Å². The Morgan fingerprint density at radius 3 is 2.80 bits per heavy atom. The molecule has 102 valence electrons. The van der Waals surface area contributed by atoms with Crippen LogP contribution in [0.15, 0.2) is 51.5 Å². The summed E-state index contributed by atoms with van der Waals surface area (Å²) in [5.74, 6) is -0.981. The van der Waals surface area contributed by atoms with Crippen molar-refractivity contribution < 1.29 is 14.3 Å². The molecule has 0 spiro atoms. The molecule has 0 unspecified atom stereocenters. The van der Waals surface area contributed by atoms with Crippen molar-refractivity contribution in [1.29, 1.82) is 0 Å². The summed E-state index contributed by atoms with van der Waals surface area (Å²) in [4.78, 5) is 22.8. The van der Waals surface area contributed by atoms with Crippen LogP contribution in [0.25, 0.3) is 0 Å². The minimum Gasteiger partial charge on any atom is -0.466 e. The Hall–Kier alpha value is -2.41. The molecular formula is C13H11N3O3S. The third-order valence-corrected chi connectivity index (χ3v) is 3.16. The number of rotatable bonds is 3. The highest BCUT2D eigenvalue weighted by Crippen LogP contribution is 2.23. The fraction of sp³-hybridized carbons (Fsp3) is 0.0769. The maximum atomic E-state index is 11.5. The number of ether oxygens (including phenoxy) is 1. The normalized spacial score (nSPS) is 18.8. The van der Waals surface area contributed by atoms with Crippen molar-refractivity contribution in [2.75, 3.05) is 7.11 Å². The first-order valence-electron chi connectivity index (χ1n) is 5.64. The van der Waals surface area contributed by atoms with Crippen molar-refractivity contribution in [1.82, 2.24) is 5.32 Å². The minimum atomic E-state index is -0.586. The van der Waals surface area contributed by atoms with Gasteiger partial charge in [-0.2, -0.15) is 5.10 Å². The molecule has 1 aromatic carbocycles. The van der Waals surface area contributed by atoms with Gasteiger partial charge >= 0.3 is 5.97 Å². The lowest BCUT2D eigenvalue weighted by atomic mass is 10.2. The van der Waals surface area contributed by atoms with Crippen molar-refractivity contribution >= 4 is 35.0 Å². The smallest absolute Gasteiger partial charge is 0.331 e. The number of amides is 1. The summed E-state index contributed by atoms with van der Waals surface area (Å²) in [6, 6.07) is 9.44. The number of methoxy groups -OCH3 is 1. The van der Waals surface area contributed by atoms with Gasteiger partial charge in [0.1, 0.15) is 0 Å². The molecule has 1 aliphatic heterocycles. The zero-order chi connectivity index (χ0) is 14.4. The molecule has 1 heterocycles. The Labute approximate surface area is 119 Å². The number of hydrogen-bond donors (Lipinski definition) is 1. The second kappa shape index (κ2) is 6.67. The van der Waals surface area contributed by atoms with Crippen LogP contribution in [0.2, 0.25) is 0 Å². The number of thioether (sulfide) groups is 1. The van der Waals surface area contributed by atoms with Crippen molar-refractivity contribution in [2.45, 2.75) is 0 Å². The fourth-order valence-electron chi connectivity index (χ4n) is 1.33. The minimum absolute atomic E-state index is 0.227. The van der Waals surface area contributed by atoms with E-state index in [0.29, 0.717) is 5.17 Å². The highest BCUT2D eigenvalue weighted by Gasteiger charge is 2.24. The summed E-state index contributed by atoms with van der Waals surface area (Å²) >= 11 is 1.03. The summed E-state index contributed by atoms with van der Waals surface area (Å²) in [6.07, 6.45) is 2.69. The molecule has 0 aliphatic carbocycles. The van der Waals surface area contributed by atoms with Gasteiger partial charge in [0.25, 0.3) is 5.91 Å². The van der Waals surface area contributed by atoms with Gasteiger partial charge in [0.05, 0.1) is 18.2 Å². The van der Waals surface area contributed by atoms with Gasteiger partial charge in [-0.05, 0) is 17.3 Å². The van der Waals surface area contributed by atoms with E-state index in [9.17, 15) is 9.59 Å². The number of carbonyl (C=O) groups excluding carboxylic acids is 2. The first-order valence-corrected chi connectivity index (χ1v) is 6.45. The van der Waals surface area contributed by atoms with E-state index < -0.39 is 11.9 Å². The number of nitrogens with one attached hydrogen (secondary N) is 1. The van der Waals surface area contributed by atoms with Gasteiger partial charge in [-0.1, -0.05) is 30.3 Å². The van der Waals surface area contributed by atoms with Crippen molar-refractivity contribution in [3.63, 3.8) is 0 Å². The zero-order valence-electron chi connectivity index (χ0n) is 10.6. The van der Waals surface area contributed by atoms with E-state index in [0.717, 1.165) is 23.4 Å². The van der Waals surface area contributed by atoms with Crippen LogP contribution in [0.3, 0.4) is 0 Å². The van der Waals surface area contributed by atoms with E-state index in [1.807, 2.05) is 30.3 Å². The molecule has 1 amide bonds. The van der Waals surface area contributed by atoms with Gasteiger partial charge in [-0.15, -0.1) is 5.10 Å². The molecule has 0 radical (unpaired) electrons. The molecule has 0 aromatic heterocycles. The average Bonchev–Trinajstić information content (AvgIpc) is 2.80. The summed E-state index contributed by atoms with van der Waals surface area (Å²) in [7, 11) is 1.25. The number of carbonyl (C=O) groups is 2. The topological polar surface area (TPSA) is 80.1 Å². The van der Waals surface area contributed by atoms with Gasteiger partial charge in [0, 0.05) is 6.08 Å². The third-order valence-electron chi connectivity index (χ3n) is 2.26. The quantitative estimate of drug-likeness (QED) is 0.393. The number of amidine groups is 1. The first kappa shape index (κ1) is 14.0. The summed E-state index contributed by atoms with van der Waals surface area (Å²) in [5, 5.41) is 10.6. The Morgan fingerprint density at radius 1 is 1.35 bits per heavy atom. The van der Waals surface area contributed by atoms with Crippen LogP contribution in [-0.2, 0) is 14.3 Å². The highest BCUT2D eigenvalue weighted by molar-refractivity contribution is 8.18. The van der Waals surface area contributed by atoms with Crippen LogP contribution >= 0.6 is 11.8 Å². The number of hydrogen-bond acceptors (Lipinski definition) is 6. The molecule has 0 saturated carbocycles. The molecular weight excluding hydrogens is 278 g/mol. The highest BCUT2D eigenvalue weighted by atomic mass is 32.2. The predicted octanol–water partition coefficient (Wildman–Crippen LogP) is 1.30. The number of nitrogens with zero attached hydrogens (tertiary/aromatic N) is 2. The average molecular weight is 289 g/mol. The van der Waals surface area contributed by atoms with E-state index in [1.165, 1.54) is 7.11 Å². The predicted molar refractivity (Wildman–Crippen MR) is 77.3 cm³/mol. The monoisotopic (exact) mass is 289 g/mol. The molecule has 6 nitrogen and oxygen atoms in total. The van der Waals surface area contributed by atoms with Crippen LogP contribution in [0, 0.1) is 0 Å². The van der Waals surface area contributed by atoms with E-state index >= 15 is 0 Å². The summed E-state index contributed by atoms with van der Waals surface area (Å²) < 4.78 is 4.46. The van der Waals surface area contributed by atoms with E-state index in [1.54, 1.807) is 6.21 Å². The second-order valence-electron chi connectivity index (χ2n) is 3.65. The summed E-state index contributed by atoms with van der Waals surface area (Å²) in [5.41, 5.74) is 0.900. The maximum absolute atomic E-state index is 11.5. The number of esters is 1. The van der Waals surface area contributed by atoms with Crippen molar-refractivity contribution in [2.24, 2.45) is 10.2 Å². The molecule has 1 aromatic rings. The van der Waals surface area contributed by atoms with Crippen LogP contribution in [0.4, 0.5) is 0 Å². The molecule has 20 heavy (non-hydrogen) atoms. The second-order valence-corrected chi connectivity index (χ2v) is 4.68. The van der Waals surface area contributed by atoms with E-state index in [-0.39, 0.29) is 4.91 Å². The maximum Gasteiger partial charge on any atom is 0.331 e. The molecule has 2 rings (SSSR count). The first-order chi connectivity index (χ1) is 9.69. The zero-order valence-corrected chi connectivity index (χ0v) is 11.4. The largest absolute Gasteiger partial charge is 0.466 e. The lowest BCUT2D eigenvalue weighted by Crippen LogP contribution is -2.19. The molecule has 1 aliphatic rings. The van der Waals surface area contributed by atoms with Crippen LogP contribution in [0.5, 0.6) is 0 Å². The molecule has 0 atom stereocenters. The Balaban J connectivity index is 2.03. The van der Waals surface area contributed by atoms with Gasteiger partial charge < -0.3 is 4.74 Å². The summed E-state index contributed by atoms with van der Waals surface area (Å²) in [6.45, 7) is 0. The van der Waals surface area contributed by atoms with Gasteiger partial charge in [-0.3, -0.25) is 10.1 Å². The molecule has 7 heteroatoms.